The molecule has 3 heterocycles. The summed E-state index contributed by atoms with van der Waals surface area (Å²) in [5.41, 5.74) is 2.38. The van der Waals surface area contributed by atoms with E-state index in [-0.39, 0.29) is 15.7 Å². The molecule has 3 aliphatic heterocycles. The van der Waals surface area contributed by atoms with Crippen LogP contribution in [0.3, 0.4) is 0 Å². The van der Waals surface area contributed by atoms with Crippen LogP contribution >= 0.6 is 0 Å². The zero-order valence-electron chi connectivity index (χ0n) is 21.3. The van der Waals surface area contributed by atoms with Crippen molar-refractivity contribution >= 4 is 31.6 Å². The first kappa shape index (κ1) is 25.6. The number of hydrogen-bond donors (Lipinski definition) is 0. The molecule has 3 aliphatic rings. The molecule has 0 N–H and O–H groups in total. The molecule has 0 amide bonds. The zero-order valence-corrected chi connectivity index (χ0v) is 24.8. The van der Waals surface area contributed by atoms with Gasteiger partial charge in [0.25, 0.3) is 0 Å². The Morgan fingerprint density at radius 3 is 1.85 bits per heavy atom. The van der Waals surface area contributed by atoms with Crippen molar-refractivity contribution in [1.29, 1.82) is 0 Å². The van der Waals surface area contributed by atoms with Crippen LogP contribution in [-0.2, 0) is 14.2 Å². The van der Waals surface area contributed by atoms with E-state index in [1.54, 1.807) is 0 Å². The summed E-state index contributed by atoms with van der Waals surface area (Å²) >= 11 is 0. The quantitative estimate of drug-likeness (QED) is 0.485. The van der Waals surface area contributed by atoms with Gasteiger partial charge in [-0.1, -0.05) is 55.2 Å². The van der Waals surface area contributed by atoms with Crippen LogP contribution in [0.1, 0.15) is 57.8 Å². The fourth-order valence-electron chi connectivity index (χ4n) is 7.26. The molecule has 33 heavy (non-hydrogen) atoms. The molecule has 0 bridgehead atoms. The van der Waals surface area contributed by atoms with Gasteiger partial charge < -0.3 is 14.2 Å². The first-order valence-electron chi connectivity index (χ1n) is 13.6. The minimum atomic E-state index is -1.59. The smallest absolute Gasteiger partial charge is 0.104 e. The maximum atomic E-state index is 7.05. The van der Waals surface area contributed by atoms with E-state index < -0.39 is 26.4 Å². The second-order valence-electron chi connectivity index (χ2n) is 11.1. The summed E-state index contributed by atoms with van der Waals surface area (Å²) in [6.45, 7) is 14.8. The molecule has 0 aromatic heterocycles. The molecule has 4 rings (SSSR count). The first-order valence-corrected chi connectivity index (χ1v) is 20.8. The highest BCUT2D eigenvalue weighted by molar-refractivity contribution is 6.78. The number of rotatable bonds is 8. The molecule has 5 unspecified atom stereocenters. The van der Waals surface area contributed by atoms with E-state index in [1.807, 2.05) is 0 Å². The van der Waals surface area contributed by atoms with Crippen LogP contribution in [0.2, 0.25) is 25.7 Å². The summed E-state index contributed by atoms with van der Waals surface area (Å²) in [5.74, 6) is 0. The molecule has 0 aliphatic carbocycles. The minimum Gasteiger partial charge on any atom is -0.379 e. The van der Waals surface area contributed by atoms with Gasteiger partial charge in [0.05, 0.1) is 24.5 Å². The molecule has 0 saturated carbocycles. The lowest BCUT2D eigenvalue weighted by Crippen LogP contribution is -2.73. The predicted octanol–water partition coefficient (Wildman–Crippen LogP) is 4.63. The first-order chi connectivity index (χ1) is 16.0. The van der Waals surface area contributed by atoms with Crippen LogP contribution in [0.4, 0.5) is 0 Å². The van der Waals surface area contributed by atoms with Gasteiger partial charge in [-0.3, -0.25) is 0 Å². The molecule has 0 spiro atoms. The van der Waals surface area contributed by atoms with Crippen LogP contribution in [0, 0.1) is 0 Å². The molecule has 5 atom stereocenters. The molecule has 184 valence electrons. The van der Waals surface area contributed by atoms with Gasteiger partial charge in [0.2, 0.25) is 0 Å². The molecule has 3 saturated heterocycles. The second-order valence-corrected chi connectivity index (χ2v) is 20.5. The van der Waals surface area contributed by atoms with Crippen molar-refractivity contribution in [2.45, 2.75) is 99.1 Å². The van der Waals surface area contributed by atoms with E-state index >= 15 is 0 Å². The van der Waals surface area contributed by atoms with Crippen molar-refractivity contribution < 1.29 is 14.2 Å². The third kappa shape index (κ3) is 4.81. The Balaban J connectivity index is 1.73. The van der Waals surface area contributed by atoms with E-state index in [4.69, 9.17) is 14.2 Å². The summed E-state index contributed by atoms with van der Waals surface area (Å²) < 4.78 is 20.9. The maximum absolute atomic E-state index is 7.05. The summed E-state index contributed by atoms with van der Waals surface area (Å²) in [7, 11) is -4.08. The third-order valence-corrected chi connectivity index (χ3v) is 20.3. The highest BCUT2D eigenvalue weighted by Gasteiger charge is 2.61. The molecule has 0 radical (unpaired) electrons. The van der Waals surface area contributed by atoms with Crippen molar-refractivity contribution in [2.75, 3.05) is 19.8 Å². The van der Waals surface area contributed by atoms with Crippen LogP contribution in [0.5, 0.6) is 0 Å². The van der Waals surface area contributed by atoms with E-state index in [0.717, 1.165) is 19.8 Å². The summed E-state index contributed by atoms with van der Waals surface area (Å²) in [5, 5.41) is 1.42. The highest BCUT2D eigenvalue weighted by atomic mass is 28.3. The lowest BCUT2D eigenvalue weighted by Gasteiger charge is -2.59. The van der Waals surface area contributed by atoms with Crippen LogP contribution < -0.4 is 5.19 Å². The molecule has 1 aromatic rings. The number of ether oxygens (including phenoxy) is 3. The molecular weight excluding hydrogens is 457 g/mol. The Morgan fingerprint density at radius 1 is 0.788 bits per heavy atom. The predicted molar refractivity (Wildman–Crippen MR) is 148 cm³/mol. The average molecular weight is 503 g/mol. The lowest BCUT2D eigenvalue weighted by atomic mass is 9.96. The van der Waals surface area contributed by atoms with Gasteiger partial charge in [0.1, 0.15) is 17.6 Å². The second kappa shape index (κ2) is 11.0. The highest BCUT2D eigenvalue weighted by Crippen LogP contribution is 2.49. The standard InChI is InChI=1S/C27H46O3Si3/c1-5-33(23-25(17-9-12-20-28-25)32(4)24-15-7-6-8-16-24)27(19-11-14-22-30-27)26(31(2)3)18-10-13-21-29-26/h5-8,15-16,31-33H,1,9-14,17-23H2,2-4H3. The van der Waals surface area contributed by atoms with Gasteiger partial charge in [-0.05, 0) is 63.8 Å². The van der Waals surface area contributed by atoms with Crippen molar-refractivity contribution in [1.82, 2.24) is 0 Å². The largest absolute Gasteiger partial charge is 0.379 e. The molecule has 3 fully saturated rings. The van der Waals surface area contributed by atoms with Crippen LogP contribution in [0.15, 0.2) is 42.6 Å². The number of benzene rings is 1. The normalized spacial score (nSPS) is 35.2. The molecule has 3 nitrogen and oxygen atoms in total. The zero-order chi connectivity index (χ0) is 23.4. The van der Waals surface area contributed by atoms with E-state index in [2.05, 4.69) is 62.3 Å². The van der Waals surface area contributed by atoms with E-state index in [0.29, 0.717) is 0 Å². The Bertz CT molecular complexity index is 751. The van der Waals surface area contributed by atoms with Gasteiger partial charge in [0.15, 0.2) is 0 Å². The molecule has 6 heteroatoms. The van der Waals surface area contributed by atoms with Crippen molar-refractivity contribution in [3.05, 3.63) is 42.6 Å². The topological polar surface area (TPSA) is 27.7 Å². The Morgan fingerprint density at radius 2 is 1.36 bits per heavy atom. The Kier molecular flexibility index (Phi) is 8.56. The van der Waals surface area contributed by atoms with E-state index in [1.165, 1.54) is 69.0 Å². The van der Waals surface area contributed by atoms with Crippen molar-refractivity contribution in [2.24, 2.45) is 0 Å². The molecule has 1 aromatic carbocycles. The lowest BCUT2D eigenvalue weighted by molar-refractivity contribution is -0.165. The van der Waals surface area contributed by atoms with Gasteiger partial charge in [0, 0.05) is 19.8 Å². The van der Waals surface area contributed by atoms with E-state index in [9.17, 15) is 0 Å². The SMILES string of the molecule is C=C[SiH](CC1([SiH](C)c2ccccc2)CCCCO1)C1(C2([SiH](C)C)CCCCO2)CCCCO1. The number of hydrogen-bond acceptors (Lipinski definition) is 3. The van der Waals surface area contributed by atoms with Gasteiger partial charge in [-0.2, -0.15) is 0 Å². The third-order valence-electron chi connectivity index (χ3n) is 9.17. The Labute approximate surface area is 207 Å². The van der Waals surface area contributed by atoms with Crippen molar-refractivity contribution in [3.8, 4) is 0 Å². The van der Waals surface area contributed by atoms with Crippen molar-refractivity contribution in [3.63, 3.8) is 0 Å². The van der Waals surface area contributed by atoms with Gasteiger partial charge in [-0.15, -0.1) is 12.3 Å². The average Bonchev–Trinajstić information content (AvgIpc) is 2.88. The minimum absolute atomic E-state index is 0.0207. The summed E-state index contributed by atoms with van der Waals surface area (Å²) in [4.78, 5) is 0. The van der Waals surface area contributed by atoms with Gasteiger partial charge >= 0.3 is 0 Å². The monoisotopic (exact) mass is 502 g/mol. The van der Waals surface area contributed by atoms with Crippen LogP contribution in [0.25, 0.3) is 0 Å². The fourth-order valence-corrected chi connectivity index (χ4v) is 19.6. The fraction of sp³-hybridized carbons (Fsp3) is 0.704. The van der Waals surface area contributed by atoms with Crippen LogP contribution in [-0.4, -0.2) is 61.9 Å². The maximum Gasteiger partial charge on any atom is 0.104 e. The summed E-state index contributed by atoms with van der Waals surface area (Å²) in [6.07, 6.45) is 11.0. The Hall–Kier alpha value is -0.509. The van der Waals surface area contributed by atoms with Gasteiger partial charge in [-0.25, -0.2) is 0 Å². The summed E-state index contributed by atoms with van der Waals surface area (Å²) in [6, 6.07) is 12.4. The molecular formula is C27H46O3Si3.